The Morgan fingerprint density at radius 2 is 1.86 bits per heavy atom. The van der Waals surface area contributed by atoms with Crippen LogP contribution in [0.3, 0.4) is 0 Å². The normalized spacial score (nSPS) is 35.5. The van der Waals surface area contributed by atoms with Crippen molar-refractivity contribution in [3.05, 3.63) is 0 Å². The molecule has 3 fully saturated rings. The van der Waals surface area contributed by atoms with Crippen LogP contribution in [0.1, 0.15) is 51.4 Å². The zero-order valence-corrected chi connectivity index (χ0v) is 12.6. The van der Waals surface area contributed by atoms with Gasteiger partial charge in [-0.05, 0) is 43.9 Å². The van der Waals surface area contributed by atoms with Gasteiger partial charge in [-0.25, -0.2) is 4.79 Å². The van der Waals surface area contributed by atoms with Gasteiger partial charge in [0.2, 0.25) is 0 Å². The van der Waals surface area contributed by atoms with Crippen molar-refractivity contribution in [3.63, 3.8) is 0 Å². The van der Waals surface area contributed by atoms with Gasteiger partial charge in [-0.2, -0.15) is 0 Å². The van der Waals surface area contributed by atoms with E-state index < -0.39 is 5.97 Å². The molecule has 0 radical (unpaired) electrons. The molecule has 2 N–H and O–H groups in total. The summed E-state index contributed by atoms with van der Waals surface area (Å²) >= 11 is 0. The van der Waals surface area contributed by atoms with Crippen LogP contribution in [0.2, 0.25) is 0 Å². The summed E-state index contributed by atoms with van der Waals surface area (Å²) < 4.78 is 0. The molecule has 5 nitrogen and oxygen atoms in total. The molecule has 1 aliphatic heterocycles. The van der Waals surface area contributed by atoms with Crippen LogP contribution in [0.5, 0.6) is 0 Å². The maximum absolute atomic E-state index is 12.4. The third-order valence-electron chi connectivity index (χ3n) is 5.76. The lowest BCUT2D eigenvalue weighted by molar-refractivity contribution is -0.142. The number of carbonyl (C=O) groups excluding carboxylic acids is 1. The molecule has 0 aromatic heterocycles. The lowest BCUT2D eigenvalue weighted by atomic mass is 9.85. The van der Waals surface area contributed by atoms with Crippen molar-refractivity contribution in [2.75, 3.05) is 13.1 Å². The van der Waals surface area contributed by atoms with Crippen molar-refractivity contribution >= 4 is 12.0 Å². The van der Waals surface area contributed by atoms with Crippen molar-refractivity contribution in [1.82, 2.24) is 10.2 Å². The molecule has 1 saturated heterocycles. The molecular formula is C16H26N2O3. The largest absolute Gasteiger partial charge is 0.481 e. The van der Waals surface area contributed by atoms with Crippen LogP contribution in [0.4, 0.5) is 4.79 Å². The van der Waals surface area contributed by atoms with Gasteiger partial charge in [-0.15, -0.1) is 0 Å². The summed E-state index contributed by atoms with van der Waals surface area (Å²) in [6.07, 6.45) is 8.71. The van der Waals surface area contributed by atoms with Crippen molar-refractivity contribution in [2.24, 2.45) is 17.8 Å². The van der Waals surface area contributed by atoms with E-state index in [4.69, 9.17) is 0 Å². The maximum Gasteiger partial charge on any atom is 0.317 e. The number of urea groups is 1. The first-order valence-corrected chi connectivity index (χ1v) is 8.44. The van der Waals surface area contributed by atoms with Gasteiger partial charge in [0, 0.05) is 19.1 Å². The zero-order chi connectivity index (χ0) is 14.8. The average molecular weight is 294 g/mol. The molecule has 1 heterocycles. The summed E-state index contributed by atoms with van der Waals surface area (Å²) in [5.74, 6) is -0.175. The number of nitrogens with zero attached hydrogens (tertiary/aromatic N) is 1. The van der Waals surface area contributed by atoms with Crippen LogP contribution in [0, 0.1) is 17.8 Å². The molecule has 0 aromatic rings. The quantitative estimate of drug-likeness (QED) is 0.840. The van der Waals surface area contributed by atoms with Gasteiger partial charge in [-0.3, -0.25) is 4.79 Å². The summed E-state index contributed by atoms with van der Waals surface area (Å²) in [7, 11) is 0. The average Bonchev–Trinajstić information content (AvgIpc) is 3.11. The van der Waals surface area contributed by atoms with Crippen LogP contribution in [0.15, 0.2) is 0 Å². The predicted molar refractivity (Wildman–Crippen MR) is 78.9 cm³/mol. The molecule has 0 bridgehead atoms. The van der Waals surface area contributed by atoms with Crippen molar-refractivity contribution < 1.29 is 14.7 Å². The smallest absolute Gasteiger partial charge is 0.317 e. The number of carbonyl (C=O) groups is 2. The van der Waals surface area contributed by atoms with E-state index in [9.17, 15) is 14.7 Å². The van der Waals surface area contributed by atoms with E-state index in [0.29, 0.717) is 18.5 Å². The molecule has 2 aliphatic carbocycles. The fourth-order valence-electron chi connectivity index (χ4n) is 4.58. The lowest BCUT2D eigenvalue weighted by Gasteiger charge is -2.32. The number of carboxylic acids is 1. The standard InChI is InChI=1S/C16H26N2O3/c19-15(20)13-6-3-5-12(13)10-17-16(21)18-9-8-11-4-1-2-7-14(11)18/h11-14H,1-10H2,(H,17,21)(H,19,20). The molecule has 4 atom stereocenters. The van der Waals surface area contributed by atoms with Gasteiger partial charge < -0.3 is 15.3 Å². The van der Waals surface area contributed by atoms with E-state index in [1.54, 1.807) is 0 Å². The van der Waals surface area contributed by atoms with Gasteiger partial charge in [0.1, 0.15) is 0 Å². The molecule has 118 valence electrons. The van der Waals surface area contributed by atoms with Gasteiger partial charge in [0.25, 0.3) is 0 Å². The molecule has 0 aromatic carbocycles. The van der Waals surface area contributed by atoms with Crippen molar-refractivity contribution in [2.45, 2.75) is 57.4 Å². The summed E-state index contributed by atoms with van der Waals surface area (Å²) in [4.78, 5) is 25.6. The predicted octanol–water partition coefficient (Wildman–Crippen LogP) is 2.46. The first kappa shape index (κ1) is 14.7. The van der Waals surface area contributed by atoms with Gasteiger partial charge in [0.05, 0.1) is 5.92 Å². The summed E-state index contributed by atoms with van der Waals surface area (Å²) in [6, 6.07) is 0.457. The Balaban J connectivity index is 1.51. The van der Waals surface area contributed by atoms with Gasteiger partial charge in [-0.1, -0.05) is 19.3 Å². The highest BCUT2D eigenvalue weighted by Gasteiger charge is 2.39. The molecule has 2 saturated carbocycles. The molecular weight excluding hydrogens is 268 g/mol. The highest BCUT2D eigenvalue weighted by atomic mass is 16.4. The van der Waals surface area contributed by atoms with Crippen LogP contribution >= 0.6 is 0 Å². The third-order valence-corrected chi connectivity index (χ3v) is 5.76. The number of carboxylic acid groups (broad SMARTS) is 1. The number of aliphatic carboxylic acids is 1. The zero-order valence-electron chi connectivity index (χ0n) is 12.6. The number of hydrogen-bond donors (Lipinski definition) is 2. The fraction of sp³-hybridized carbons (Fsp3) is 0.875. The monoisotopic (exact) mass is 294 g/mol. The lowest BCUT2D eigenvalue weighted by Crippen LogP contribution is -2.46. The molecule has 5 heteroatoms. The van der Waals surface area contributed by atoms with E-state index in [1.807, 2.05) is 4.90 Å². The maximum atomic E-state index is 12.4. The second-order valence-corrected chi connectivity index (χ2v) is 6.92. The Morgan fingerprint density at radius 1 is 1.05 bits per heavy atom. The van der Waals surface area contributed by atoms with Gasteiger partial charge >= 0.3 is 12.0 Å². The highest BCUT2D eigenvalue weighted by molar-refractivity contribution is 5.75. The van der Waals surface area contributed by atoms with E-state index >= 15 is 0 Å². The second kappa shape index (κ2) is 6.24. The molecule has 4 unspecified atom stereocenters. The Kier molecular flexibility index (Phi) is 4.36. The Bertz CT molecular complexity index is 412. The summed E-state index contributed by atoms with van der Waals surface area (Å²) in [6.45, 7) is 1.39. The van der Waals surface area contributed by atoms with Crippen LogP contribution in [0.25, 0.3) is 0 Å². The minimum absolute atomic E-state index is 0.0282. The molecule has 21 heavy (non-hydrogen) atoms. The van der Waals surface area contributed by atoms with Crippen molar-refractivity contribution in [3.8, 4) is 0 Å². The third kappa shape index (κ3) is 3.01. The number of nitrogens with one attached hydrogen (secondary N) is 1. The Morgan fingerprint density at radius 3 is 2.67 bits per heavy atom. The topological polar surface area (TPSA) is 69.6 Å². The van der Waals surface area contributed by atoms with E-state index in [1.165, 1.54) is 19.3 Å². The highest BCUT2D eigenvalue weighted by Crippen LogP contribution is 2.36. The van der Waals surface area contributed by atoms with Crippen LogP contribution in [-0.2, 0) is 4.79 Å². The van der Waals surface area contributed by atoms with E-state index in [0.717, 1.165) is 38.6 Å². The van der Waals surface area contributed by atoms with Crippen LogP contribution in [-0.4, -0.2) is 41.1 Å². The SMILES string of the molecule is O=C(O)C1CCCC1CNC(=O)N1CCC2CCCCC21. The van der Waals surface area contributed by atoms with E-state index in [2.05, 4.69) is 5.32 Å². The van der Waals surface area contributed by atoms with Crippen molar-refractivity contribution in [1.29, 1.82) is 0 Å². The number of fused-ring (bicyclic) bond motifs is 1. The minimum Gasteiger partial charge on any atom is -0.481 e. The first-order valence-electron chi connectivity index (χ1n) is 8.44. The summed E-state index contributed by atoms with van der Waals surface area (Å²) in [5, 5.41) is 12.2. The molecule has 3 aliphatic rings. The van der Waals surface area contributed by atoms with E-state index in [-0.39, 0.29) is 17.9 Å². The molecule has 2 amide bonds. The number of amides is 2. The number of hydrogen-bond acceptors (Lipinski definition) is 2. The van der Waals surface area contributed by atoms with Gasteiger partial charge in [0.15, 0.2) is 0 Å². The Hall–Kier alpha value is -1.26. The summed E-state index contributed by atoms with van der Waals surface area (Å²) in [5.41, 5.74) is 0. The number of likely N-dealkylation sites (tertiary alicyclic amines) is 1. The molecule has 3 rings (SSSR count). The molecule has 0 spiro atoms. The first-order chi connectivity index (χ1) is 10.2. The minimum atomic E-state index is -0.708. The fourth-order valence-corrected chi connectivity index (χ4v) is 4.58. The van der Waals surface area contributed by atoms with Crippen LogP contribution < -0.4 is 5.32 Å². The number of rotatable bonds is 3. The Labute approximate surface area is 126 Å². The second-order valence-electron chi connectivity index (χ2n) is 6.92.